The number of hydrogen-bond donors (Lipinski definition) is 1. The van der Waals surface area contributed by atoms with Crippen LogP contribution in [0.3, 0.4) is 0 Å². The van der Waals surface area contributed by atoms with Crippen molar-refractivity contribution >= 4 is 23.0 Å². The van der Waals surface area contributed by atoms with E-state index in [2.05, 4.69) is 108 Å². The van der Waals surface area contributed by atoms with Crippen LogP contribution in [0.2, 0.25) is 0 Å². The monoisotopic (exact) mass is 452 g/mol. The van der Waals surface area contributed by atoms with E-state index < -0.39 is 0 Å². The van der Waals surface area contributed by atoms with E-state index in [1.165, 1.54) is 33.8 Å². The second kappa shape index (κ2) is 8.49. The lowest BCUT2D eigenvalue weighted by Gasteiger charge is -2.28. The molecular formula is C28H28N4S. The molecule has 2 aromatic carbocycles. The highest BCUT2D eigenvalue weighted by Crippen LogP contribution is 2.43. The highest BCUT2D eigenvalue weighted by Gasteiger charge is 2.42. The van der Waals surface area contributed by atoms with Crippen LogP contribution >= 0.6 is 12.2 Å². The molecule has 166 valence electrons. The molecule has 1 fully saturated rings. The molecule has 1 aliphatic heterocycles. The van der Waals surface area contributed by atoms with E-state index in [9.17, 15) is 0 Å². The Kier molecular flexibility index (Phi) is 5.51. The Labute approximate surface area is 200 Å². The van der Waals surface area contributed by atoms with Gasteiger partial charge in [-0.3, -0.25) is 4.98 Å². The molecule has 3 heterocycles. The van der Waals surface area contributed by atoms with Crippen molar-refractivity contribution in [3.8, 4) is 5.69 Å². The number of nitrogens with zero attached hydrogens (tertiary/aromatic N) is 3. The van der Waals surface area contributed by atoms with E-state index in [0.717, 1.165) is 16.5 Å². The minimum absolute atomic E-state index is 0.0143. The lowest BCUT2D eigenvalue weighted by molar-refractivity contribution is 0.565. The van der Waals surface area contributed by atoms with Crippen LogP contribution in [0.1, 0.15) is 45.9 Å². The summed E-state index contributed by atoms with van der Waals surface area (Å²) in [5.41, 5.74) is 9.38. The first-order chi connectivity index (χ1) is 15.9. The summed E-state index contributed by atoms with van der Waals surface area (Å²) in [7, 11) is 0. The van der Waals surface area contributed by atoms with Crippen LogP contribution in [-0.4, -0.2) is 14.7 Å². The van der Waals surface area contributed by atoms with Gasteiger partial charge in [0.25, 0.3) is 0 Å². The summed E-state index contributed by atoms with van der Waals surface area (Å²) in [4.78, 5) is 6.94. The quantitative estimate of drug-likeness (QED) is 0.369. The average Bonchev–Trinajstić information content (AvgIpc) is 3.30. The fourth-order valence-corrected chi connectivity index (χ4v) is 5.25. The van der Waals surface area contributed by atoms with Crippen molar-refractivity contribution in [2.75, 3.05) is 4.90 Å². The SMILES string of the molecule is Cc1ccc(-n2c(C)cc(C3C(c4ccccn4)NC(=S)N3c3cccc(C)c3)c2C)cc1. The Morgan fingerprint density at radius 2 is 1.61 bits per heavy atom. The fourth-order valence-electron chi connectivity index (χ4n) is 4.91. The first kappa shape index (κ1) is 21.4. The molecule has 0 aliphatic carbocycles. The number of rotatable bonds is 4. The molecular weight excluding hydrogens is 424 g/mol. The first-order valence-corrected chi connectivity index (χ1v) is 11.7. The largest absolute Gasteiger partial charge is 0.351 e. The third-order valence-electron chi connectivity index (χ3n) is 6.46. The van der Waals surface area contributed by atoms with Gasteiger partial charge in [0.2, 0.25) is 0 Å². The van der Waals surface area contributed by atoms with E-state index in [0.29, 0.717) is 0 Å². The highest BCUT2D eigenvalue weighted by molar-refractivity contribution is 7.80. The zero-order valence-electron chi connectivity index (χ0n) is 19.4. The Bertz CT molecular complexity index is 1310. The molecule has 4 nitrogen and oxygen atoms in total. The van der Waals surface area contributed by atoms with Crippen molar-refractivity contribution in [3.63, 3.8) is 0 Å². The molecule has 5 heteroatoms. The summed E-state index contributed by atoms with van der Waals surface area (Å²) in [6.45, 7) is 8.61. The molecule has 33 heavy (non-hydrogen) atoms. The normalized spacial score (nSPS) is 17.9. The van der Waals surface area contributed by atoms with Crippen molar-refractivity contribution in [3.05, 3.63) is 113 Å². The van der Waals surface area contributed by atoms with Crippen molar-refractivity contribution in [2.24, 2.45) is 0 Å². The first-order valence-electron chi connectivity index (χ1n) is 11.3. The van der Waals surface area contributed by atoms with Crippen LogP contribution in [0.25, 0.3) is 5.69 Å². The Balaban J connectivity index is 1.68. The molecule has 0 spiro atoms. The van der Waals surface area contributed by atoms with Gasteiger partial charge in [-0.1, -0.05) is 35.9 Å². The molecule has 1 aliphatic rings. The third-order valence-corrected chi connectivity index (χ3v) is 6.77. The maximum atomic E-state index is 5.89. The molecule has 1 saturated heterocycles. The fraction of sp³-hybridized carbons (Fsp3) is 0.214. The van der Waals surface area contributed by atoms with E-state index in [-0.39, 0.29) is 12.1 Å². The third kappa shape index (κ3) is 3.83. The number of hydrogen-bond acceptors (Lipinski definition) is 2. The van der Waals surface area contributed by atoms with Gasteiger partial charge in [-0.15, -0.1) is 0 Å². The summed E-state index contributed by atoms with van der Waals surface area (Å²) in [5, 5.41) is 4.30. The maximum absolute atomic E-state index is 5.89. The molecule has 2 atom stereocenters. The van der Waals surface area contributed by atoms with E-state index >= 15 is 0 Å². The van der Waals surface area contributed by atoms with Crippen molar-refractivity contribution < 1.29 is 0 Å². The molecule has 1 N–H and O–H groups in total. The van der Waals surface area contributed by atoms with Crippen LogP contribution in [-0.2, 0) is 0 Å². The van der Waals surface area contributed by atoms with Gasteiger partial charge in [0.05, 0.1) is 17.8 Å². The number of thiocarbonyl (C=S) groups is 1. The van der Waals surface area contributed by atoms with Gasteiger partial charge < -0.3 is 14.8 Å². The summed E-state index contributed by atoms with van der Waals surface area (Å²) in [5.74, 6) is 0. The van der Waals surface area contributed by atoms with Gasteiger partial charge in [0.1, 0.15) is 0 Å². The number of benzene rings is 2. The van der Waals surface area contributed by atoms with Crippen molar-refractivity contribution in [2.45, 2.75) is 39.8 Å². The van der Waals surface area contributed by atoms with Gasteiger partial charge >= 0.3 is 0 Å². The Hall–Kier alpha value is -3.44. The van der Waals surface area contributed by atoms with Crippen LogP contribution in [0.4, 0.5) is 5.69 Å². The van der Waals surface area contributed by atoms with Gasteiger partial charge in [-0.25, -0.2) is 0 Å². The second-order valence-corrected chi connectivity index (χ2v) is 9.22. The number of anilines is 1. The lowest BCUT2D eigenvalue weighted by Crippen LogP contribution is -2.29. The maximum Gasteiger partial charge on any atom is 0.174 e. The molecule has 0 amide bonds. The highest BCUT2D eigenvalue weighted by atomic mass is 32.1. The van der Waals surface area contributed by atoms with Gasteiger partial charge in [0.15, 0.2) is 5.11 Å². The molecule has 0 saturated carbocycles. The molecule has 2 aromatic heterocycles. The molecule has 2 unspecified atom stereocenters. The zero-order chi connectivity index (χ0) is 23.1. The topological polar surface area (TPSA) is 33.1 Å². The van der Waals surface area contributed by atoms with Crippen molar-refractivity contribution in [1.29, 1.82) is 0 Å². The molecule has 0 radical (unpaired) electrons. The minimum Gasteiger partial charge on any atom is -0.351 e. The van der Waals surface area contributed by atoms with Crippen LogP contribution in [0.15, 0.2) is 79.0 Å². The second-order valence-electron chi connectivity index (χ2n) is 8.83. The van der Waals surface area contributed by atoms with Crippen LogP contribution in [0.5, 0.6) is 0 Å². The smallest absolute Gasteiger partial charge is 0.174 e. The van der Waals surface area contributed by atoms with Crippen LogP contribution < -0.4 is 10.2 Å². The molecule has 5 rings (SSSR count). The predicted octanol–water partition coefficient (Wildman–Crippen LogP) is 6.28. The Morgan fingerprint density at radius 3 is 2.30 bits per heavy atom. The zero-order valence-corrected chi connectivity index (χ0v) is 20.2. The van der Waals surface area contributed by atoms with Gasteiger partial charge in [-0.05, 0) is 93.5 Å². The van der Waals surface area contributed by atoms with Crippen molar-refractivity contribution in [1.82, 2.24) is 14.9 Å². The molecule has 0 bridgehead atoms. The Morgan fingerprint density at radius 1 is 0.818 bits per heavy atom. The van der Waals surface area contributed by atoms with E-state index in [4.69, 9.17) is 12.2 Å². The average molecular weight is 453 g/mol. The number of pyridine rings is 1. The van der Waals surface area contributed by atoms with Crippen LogP contribution in [0, 0.1) is 27.7 Å². The molecule has 4 aromatic rings. The summed E-state index contributed by atoms with van der Waals surface area (Å²) < 4.78 is 2.33. The summed E-state index contributed by atoms with van der Waals surface area (Å²) >= 11 is 5.89. The van der Waals surface area contributed by atoms with E-state index in [1.807, 2.05) is 18.3 Å². The number of aromatic nitrogens is 2. The summed E-state index contributed by atoms with van der Waals surface area (Å²) in [6.07, 6.45) is 1.85. The lowest BCUT2D eigenvalue weighted by atomic mass is 9.96. The standard InChI is InChI=1S/C28H28N4S/c1-18-11-13-22(14-12-18)31-20(3)17-24(21(31)4)27-26(25-10-5-6-15-29-25)30-28(33)32(27)23-9-7-8-19(2)16-23/h5-17,26-27H,1-4H3,(H,30,33). The number of nitrogens with one attached hydrogen (secondary N) is 1. The predicted molar refractivity (Wildman–Crippen MR) is 139 cm³/mol. The van der Waals surface area contributed by atoms with Gasteiger partial charge in [-0.2, -0.15) is 0 Å². The minimum atomic E-state index is -0.0498. The summed E-state index contributed by atoms with van der Waals surface area (Å²) in [6, 6.07) is 25.5. The number of aryl methyl sites for hydroxylation is 3. The van der Waals surface area contributed by atoms with E-state index in [1.54, 1.807) is 0 Å². The van der Waals surface area contributed by atoms with Gasteiger partial charge in [0, 0.05) is 29.0 Å².